The van der Waals surface area contributed by atoms with Gasteiger partial charge >= 0.3 is 5.97 Å². The molecule has 0 saturated heterocycles. The SMILES string of the molecule is CCc1ccc(S(=O)(=O)N[C@H](C)C(=O)OC(C)(C)C)s1. The lowest BCUT2D eigenvalue weighted by Crippen LogP contribution is -2.41. The summed E-state index contributed by atoms with van der Waals surface area (Å²) in [5.74, 6) is -0.589. The van der Waals surface area contributed by atoms with Gasteiger partial charge in [0.1, 0.15) is 15.9 Å². The van der Waals surface area contributed by atoms with Gasteiger partial charge in [-0.2, -0.15) is 4.72 Å². The van der Waals surface area contributed by atoms with Crippen LogP contribution >= 0.6 is 11.3 Å². The van der Waals surface area contributed by atoms with E-state index in [0.29, 0.717) is 0 Å². The molecule has 0 saturated carbocycles. The second-order valence-corrected chi connectivity index (χ2v) is 8.56. The summed E-state index contributed by atoms with van der Waals surface area (Å²) < 4.78 is 32.0. The Morgan fingerprint density at radius 1 is 1.40 bits per heavy atom. The minimum atomic E-state index is -3.68. The maximum absolute atomic E-state index is 12.1. The summed E-state index contributed by atoms with van der Waals surface area (Å²) in [7, 11) is -3.68. The predicted octanol–water partition coefficient (Wildman–Crippen LogP) is 2.32. The van der Waals surface area contributed by atoms with E-state index in [2.05, 4.69) is 4.72 Å². The molecule has 0 aliphatic carbocycles. The zero-order chi connectivity index (χ0) is 15.6. The fourth-order valence-electron chi connectivity index (χ4n) is 1.42. The third kappa shape index (κ3) is 4.88. The van der Waals surface area contributed by atoms with Crippen LogP contribution in [0.4, 0.5) is 0 Å². The van der Waals surface area contributed by atoms with Crippen LogP contribution in [-0.4, -0.2) is 26.0 Å². The molecule has 1 N–H and O–H groups in total. The summed E-state index contributed by atoms with van der Waals surface area (Å²) >= 11 is 1.20. The number of carbonyl (C=O) groups excluding carboxylic acids is 1. The number of carbonyl (C=O) groups is 1. The molecule has 20 heavy (non-hydrogen) atoms. The molecule has 1 atom stereocenters. The quantitative estimate of drug-likeness (QED) is 0.845. The van der Waals surface area contributed by atoms with E-state index in [9.17, 15) is 13.2 Å². The molecular weight excluding hydrogens is 298 g/mol. The average Bonchev–Trinajstić information content (AvgIpc) is 2.75. The van der Waals surface area contributed by atoms with Crippen molar-refractivity contribution in [2.75, 3.05) is 0 Å². The molecule has 1 aromatic rings. The maximum Gasteiger partial charge on any atom is 0.324 e. The summed E-state index contributed by atoms with van der Waals surface area (Å²) in [5.41, 5.74) is -0.644. The van der Waals surface area contributed by atoms with Gasteiger partial charge in [-0.1, -0.05) is 6.92 Å². The average molecular weight is 319 g/mol. The van der Waals surface area contributed by atoms with Gasteiger partial charge in [0, 0.05) is 4.88 Å². The Morgan fingerprint density at radius 3 is 2.45 bits per heavy atom. The molecule has 114 valence electrons. The monoisotopic (exact) mass is 319 g/mol. The smallest absolute Gasteiger partial charge is 0.324 e. The third-order valence-corrected chi connectivity index (χ3v) is 5.60. The highest BCUT2D eigenvalue weighted by Crippen LogP contribution is 2.22. The Bertz CT molecular complexity index is 569. The van der Waals surface area contributed by atoms with Gasteiger partial charge in [-0.3, -0.25) is 4.79 Å². The van der Waals surface area contributed by atoms with Crippen molar-refractivity contribution in [2.24, 2.45) is 0 Å². The Hall–Kier alpha value is -0.920. The number of esters is 1. The fraction of sp³-hybridized carbons (Fsp3) is 0.615. The second kappa shape index (κ2) is 6.24. The summed E-state index contributed by atoms with van der Waals surface area (Å²) in [6.07, 6.45) is 0.780. The maximum atomic E-state index is 12.1. The van der Waals surface area contributed by atoms with Crippen LogP contribution in [-0.2, 0) is 26.0 Å². The second-order valence-electron chi connectivity index (χ2n) is 5.45. The molecule has 7 heteroatoms. The number of hydrogen-bond donors (Lipinski definition) is 1. The summed E-state index contributed by atoms with van der Waals surface area (Å²) in [6, 6.07) is 2.40. The molecule has 0 aromatic carbocycles. The molecule has 5 nitrogen and oxygen atoms in total. The molecule has 0 spiro atoms. The first-order valence-corrected chi connectivity index (χ1v) is 8.69. The highest BCUT2D eigenvalue weighted by Gasteiger charge is 2.27. The molecule has 1 rings (SSSR count). The van der Waals surface area contributed by atoms with Crippen molar-refractivity contribution in [3.8, 4) is 0 Å². The van der Waals surface area contributed by atoms with Crippen LogP contribution in [0.25, 0.3) is 0 Å². The number of hydrogen-bond acceptors (Lipinski definition) is 5. The van der Waals surface area contributed by atoms with Crippen molar-refractivity contribution in [1.29, 1.82) is 0 Å². The first kappa shape index (κ1) is 17.1. The van der Waals surface area contributed by atoms with Gasteiger partial charge in [0.25, 0.3) is 10.0 Å². The van der Waals surface area contributed by atoms with Gasteiger partial charge in [0.15, 0.2) is 0 Å². The van der Waals surface area contributed by atoms with E-state index in [1.165, 1.54) is 18.3 Å². The zero-order valence-electron chi connectivity index (χ0n) is 12.4. The van der Waals surface area contributed by atoms with Crippen LogP contribution in [0.2, 0.25) is 0 Å². The number of sulfonamides is 1. The lowest BCUT2D eigenvalue weighted by atomic mass is 10.2. The van der Waals surface area contributed by atoms with E-state index in [4.69, 9.17) is 4.74 Å². The van der Waals surface area contributed by atoms with E-state index >= 15 is 0 Å². The Balaban J connectivity index is 2.78. The largest absolute Gasteiger partial charge is 0.459 e. The Kier molecular flexibility index (Phi) is 5.34. The first-order chi connectivity index (χ1) is 9.05. The fourth-order valence-corrected chi connectivity index (χ4v) is 3.93. The molecular formula is C13H21NO4S2. The van der Waals surface area contributed by atoms with Crippen molar-refractivity contribution in [2.45, 2.75) is 56.9 Å². The highest BCUT2D eigenvalue weighted by molar-refractivity contribution is 7.91. The lowest BCUT2D eigenvalue weighted by Gasteiger charge is -2.22. The molecule has 0 bridgehead atoms. The van der Waals surface area contributed by atoms with E-state index in [1.807, 2.05) is 6.92 Å². The first-order valence-electron chi connectivity index (χ1n) is 6.39. The predicted molar refractivity (Wildman–Crippen MR) is 79.3 cm³/mol. The number of nitrogens with one attached hydrogen (secondary N) is 1. The highest BCUT2D eigenvalue weighted by atomic mass is 32.2. The van der Waals surface area contributed by atoms with Crippen LogP contribution in [0.15, 0.2) is 16.3 Å². The summed E-state index contributed by atoms with van der Waals surface area (Å²) in [5, 5.41) is 0. The lowest BCUT2D eigenvalue weighted by molar-refractivity contribution is -0.156. The van der Waals surface area contributed by atoms with Crippen LogP contribution in [0.1, 0.15) is 39.5 Å². The van der Waals surface area contributed by atoms with Gasteiger partial charge in [0.05, 0.1) is 0 Å². The van der Waals surface area contributed by atoms with E-state index < -0.39 is 27.6 Å². The molecule has 0 fully saturated rings. The molecule has 0 radical (unpaired) electrons. The van der Waals surface area contributed by atoms with Crippen molar-refractivity contribution < 1.29 is 17.9 Å². The Labute approximate surface area is 124 Å². The van der Waals surface area contributed by atoms with Crippen LogP contribution in [0, 0.1) is 0 Å². The van der Waals surface area contributed by atoms with E-state index in [-0.39, 0.29) is 4.21 Å². The summed E-state index contributed by atoms with van der Waals surface area (Å²) in [4.78, 5) is 12.8. The van der Waals surface area contributed by atoms with Gasteiger partial charge in [-0.15, -0.1) is 11.3 Å². The van der Waals surface area contributed by atoms with Gasteiger partial charge < -0.3 is 4.74 Å². The van der Waals surface area contributed by atoms with E-state index in [0.717, 1.165) is 11.3 Å². The standard InChI is InChI=1S/C13H21NO4S2/c1-6-10-7-8-11(19-10)20(16,17)14-9(2)12(15)18-13(3,4)5/h7-9,14H,6H2,1-5H3/t9-/m1/s1. The van der Waals surface area contributed by atoms with Crippen LogP contribution in [0.5, 0.6) is 0 Å². The molecule has 0 aliphatic heterocycles. The molecule has 0 unspecified atom stereocenters. The molecule has 1 heterocycles. The van der Waals surface area contributed by atoms with Gasteiger partial charge in [0.2, 0.25) is 0 Å². The number of ether oxygens (including phenoxy) is 1. The number of thiophene rings is 1. The zero-order valence-corrected chi connectivity index (χ0v) is 14.0. The normalized spacial score (nSPS) is 14.1. The summed E-state index contributed by atoms with van der Waals surface area (Å²) in [6.45, 7) is 8.63. The minimum absolute atomic E-state index is 0.213. The van der Waals surface area contributed by atoms with Crippen molar-refractivity contribution in [3.63, 3.8) is 0 Å². The van der Waals surface area contributed by atoms with Gasteiger partial charge in [-0.25, -0.2) is 8.42 Å². The van der Waals surface area contributed by atoms with Crippen molar-refractivity contribution in [1.82, 2.24) is 4.72 Å². The molecule has 0 amide bonds. The van der Waals surface area contributed by atoms with Crippen LogP contribution in [0.3, 0.4) is 0 Å². The molecule has 0 aliphatic rings. The van der Waals surface area contributed by atoms with Crippen molar-refractivity contribution in [3.05, 3.63) is 17.0 Å². The third-order valence-electron chi connectivity index (χ3n) is 2.34. The number of aryl methyl sites for hydroxylation is 1. The van der Waals surface area contributed by atoms with Crippen LogP contribution < -0.4 is 4.72 Å². The minimum Gasteiger partial charge on any atom is -0.459 e. The van der Waals surface area contributed by atoms with Crippen molar-refractivity contribution >= 4 is 27.3 Å². The Morgan fingerprint density at radius 2 is 2.00 bits per heavy atom. The topological polar surface area (TPSA) is 72.5 Å². The van der Waals surface area contributed by atoms with E-state index in [1.54, 1.807) is 32.9 Å². The van der Waals surface area contributed by atoms with Gasteiger partial charge in [-0.05, 0) is 46.2 Å². The molecule has 1 aromatic heterocycles. The number of rotatable bonds is 5.